The fourth-order valence-electron chi connectivity index (χ4n) is 1.08. The van der Waals surface area contributed by atoms with Crippen molar-refractivity contribution in [1.82, 2.24) is 0 Å². The Hall–Kier alpha value is 0.140. The first-order valence-electron chi connectivity index (χ1n) is 4.02. The van der Waals surface area contributed by atoms with E-state index in [1.54, 1.807) is 13.8 Å². The van der Waals surface area contributed by atoms with Crippen molar-refractivity contribution in [3.8, 4) is 0 Å². The first-order valence-corrected chi connectivity index (χ1v) is 5.93. The molecule has 0 bridgehead atoms. The van der Waals surface area contributed by atoms with E-state index in [1.165, 1.54) is 0 Å². The van der Waals surface area contributed by atoms with Gasteiger partial charge in [0.1, 0.15) is 0 Å². The summed E-state index contributed by atoms with van der Waals surface area (Å²) in [6.45, 7) is 3.57. The van der Waals surface area contributed by atoms with Crippen LogP contribution in [-0.2, 0) is 10.9 Å². The molecule has 1 aromatic rings. The first kappa shape index (κ1) is 11.2. The highest BCUT2D eigenvalue weighted by molar-refractivity contribution is 9.10. The Morgan fingerprint density at radius 3 is 2.38 bits per heavy atom. The van der Waals surface area contributed by atoms with Crippen LogP contribution in [0.1, 0.15) is 25.0 Å². The molecule has 0 heterocycles. The zero-order valence-corrected chi connectivity index (χ0v) is 10.8. The molecular formula is C10H12Br2O. The second-order valence-corrected chi connectivity index (χ2v) is 5.02. The van der Waals surface area contributed by atoms with Gasteiger partial charge in [-0.3, -0.25) is 0 Å². The van der Waals surface area contributed by atoms with Gasteiger partial charge in [-0.1, -0.05) is 37.9 Å². The summed E-state index contributed by atoms with van der Waals surface area (Å²) in [6.07, 6.45) is 0. The van der Waals surface area contributed by atoms with Crippen LogP contribution in [0.15, 0.2) is 22.7 Å². The van der Waals surface area contributed by atoms with Gasteiger partial charge in [-0.15, -0.1) is 0 Å². The van der Waals surface area contributed by atoms with Crippen molar-refractivity contribution in [3.05, 3.63) is 33.8 Å². The van der Waals surface area contributed by atoms with Crippen molar-refractivity contribution in [1.29, 1.82) is 0 Å². The Morgan fingerprint density at radius 2 is 1.92 bits per heavy atom. The van der Waals surface area contributed by atoms with E-state index in [0.29, 0.717) is 0 Å². The van der Waals surface area contributed by atoms with Crippen LogP contribution in [0.3, 0.4) is 0 Å². The van der Waals surface area contributed by atoms with Gasteiger partial charge in [0, 0.05) is 9.80 Å². The van der Waals surface area contributed by atoms with Crippen LogP contribution >= 0.6 is 31.9 Å². The van der Waals surface area contributed by atoms with Gasteiger partial charge in [0.15, 0.2) is 0 Å². The Labute approximate surface area is 95.4 Å². The van der Waals surface area contributed by atoms with Crippen molar-refractivity contribution < 1.29 is 5.11 Å². The third-order valence-electron chi connectivity index (χ3n) is 1.82. The van der Waals surface area contributed by atoms with E-state index < -0.39 is 5.60 Å². The van der Waals surface area contributed by atoms with Crippen LogP contribution in [0, 0.1) is 0 Å². The van der Waals surface area contributed by atoms with Gasteiger partial charge in [-0.05, 0) is 37.1 Å². The summed E-state index contributed by atoms with van der Waals surface area (Å²) >= 11 is 6.80. The third kappa shape index (κ3) is 3.08. The number of aliphatic hydroxyl groups is 1. The monoisotopic (exact) mass is 306 g/mol. The van der Waals surface area contributed by atoms with Gasteiger partial charge >= 0.3 is 0 Å². The van der Waals surface area contributed by atoms with E-state index in [4.69, 9.17) is 0 Å². The van der Waals surface area contributed by atoms with Gasteiger partial charge in [-0.25, -0.2) is 0 Å². The van der Waals surface area contributed by atoms with E-state index in [9.17, 15) is 5.11 Å². The molecule has 0 aliphatic heterocycles. The molecule has 3 heteroatoms. The minimum atomic E-state index is -0.777. The molecule has 0 aliphatic rings. The van der Waals surface area contributed by atoms with Crippen LogP contribution < -0.4 is 0 Å². The molecule has 0 aliphatic carbocycles. The summed E-state index contributed by atoms with van der Waals surface area (Å²) in [7, 11) is 0. The molecule has 0 radical (unpaired) electrons. The van der Waals surface area contributed by atoms with Gasteiger partial charge in [0.2, 0.25) is 0 Å². The standard InChI is InChI=1S/C10H12Br2O/c1-10(2,13)8-3-7(6-11)4-9(12)5-8/h3-5,13H,6H2,1-2H3. The van der Waals surface area contributed by atoms with Crippen molar-refractivity contribution in [2.75, 3.05) is 0 Å². The second kappa shape index (κ2) is 4.11. The Kier molecular flexibility index (Phi) is 3.55. The van der Waals surface area contributed by atoms with Crippen LogP contribution in [-0.4, -0.2) is 5.11 Å². The summed E-state index contributed by atoms with van der Waals surface area (Å²) in [6, 6.07) is 5.97. The largest absolute Gasteiger partial charge is 0.386 e. The van der Waals surface area contributed by atoms with Crippen LogP contribution in [0.4, 0.5) is 0 Å². The quantitative estimate of drug-likeness (QED) is 0.828. The molecule has 0 fully saturated rings. The molecule has 1 aromatic carbocycles. The van der Waals surface area contributed by atoms with Crippen molar-refractivity contribution in [3.63, 3.8) is 0 Å². The summed E-state index contributed by atoms with van der Waals surface area (Å²) in [5, 5.41) is 10.6. The summed E-state index contributed by atoms with van der Waals surface area (Å²) in [5.74, 6) is 0. The average molecular weight is 308 g/mol. The highest BCUT2D eigenvalue weighted by atomic mass is 79.9. The maximum absolute atomic E-state index is 9.80. The molecule has 1 rings (SSSR count). The van der Waals surface area contributed by atoms with Crippen molar-refractivity contribution in [2.45, 2.75) is 24.8 Å². The molecule has 0 spiro atoms. The lowest BCUT2D eigenvalue weighted by Gasteiger charge is -2.18. The van der Waals surface area contributed by atoms with Crippen LogP contribution in [0.2, 0.25) is 0 Å². The molecule has 0 amide bonds. The van der Waals surface area contributed by atoms with Gasteiger partial charge in [0.05, 0.1) is 5.60 Å². The molecule has 13 heavy (non-hydrogen) atoms. The zero-order chi connectivity index (χ0) is 10.1. The third-order valence-corrected chi connectivity index (χ3v) is 2.92. The lowest BCUT2D eigenvalue weighted by atomic mass is 9.97. The topological polar surface area (TPSA) is 20.2 Å². The fraction of sp³-hybridized carbons (Fsp3) is 0.400. The zero-order valence-electron chi connectivity index (χ0n) is 7.64. The molecule has 0 saturated heterocycles. The summed E-state index contributed by atoms with van der Waals surface area (Å²) < 4.78 is 1.00. The van der Waals surface area contributed by atoms with Crippen molar-refractivity contribution >= 4 is 31.9 Å². The molecule has 72 valence electrons. The minimum Gasteiger partial charge on any atom is -0.386 e. The SMILES string of the molecule is CC(C)(O)c1cc(Br)cc(CBr)c1. The second-order valence-electron chi connectivity index (χ2n) is 3.54. The number of hydrogen-bond acceptors (Lipinski definition) is 1. The van der Waals surface area contributed by atoms with E-state index >= 15 is 0 Å². The summed E-state index contributed by atoms with van der Waals surface area (Å²) in [5.41, 5.74) is 1.31. The lowest BCUT2D eigenvalue weighted by molar-refractivity contribution is 0.0785. The van der Waals surface area contributed by atoms with Gasteiger partial charge in [-0.2, -0.15) is 0 Å². The van der Waals surface area contributed by atoms with E-state index in [1.807, 2.05) is 18.2 Å². The predicted molar refractivity (Wildman–Crippen MR) is 62.0 cm³/mol. The van der Waals surface area contributed by atoms with E-state index in [0.717, 1.165) is 20.9 Å². The minimum absolute atomic E-state index is 0.777. The molecule has 0 aromatic heterocycles. The number of alkyl halides is 1. The van der Waals surface area contributed by atoms with Crippen LogP contribution in [0.25, 0.3) is 0 Å². The molecule has 0 saturated carbocycles. The average Bonchev–Trinajstić information content (AvgIpc) is 2.01. The van der Waals surface area contributed by atoms with Gasteiger partial charge in [0.25, 0.3) is 0 Å². The maximum Gasteiger partial charge on any atom is 0.0841 e. The van der Waals surface area contributed by atoms with Crippen molar-refractivity contribution in [2.24, 2.45) is 0 Å². The number of rotatable bonds is 2. The lowest BCUT2D eigenvalue weighted by Crippen LogP contribution is -2.15. The fourth-order valence-corrected chi connectivity index (χ4v) is 1.95. The Bertz CT molecular complexity index is 302. The molecule has 0 atom stereocenters. The molecule has 1 nitrogen and oxygen atoms in total. The maximum atomic E-state index is 9.80. The predicted octanol–water partition coefficient (Wildman–Crippen LogP) is 3.57. The van der Waals surface area contributed by atoms with Gasteiger partial charge < -0.3 is 5.11 Å². The number of benzene rings is 1. The van der Waals surface area contributed by atoms with E-state index in [2.05, 4.69) is 31.9 Å². The van der Waals surface area contributed by atoms with E-state index in [-0.39, 0.29) is 0 Å². The molecule has 1 N–H and O–H groups in total. The Morgan fingerprint density at radius 1 is 1.31 bits per heavy atom. The Balaban J connectivity index is 3.16. The highest BCUT2D eigenvalue weighted by Crippen LogP contribution is 2.25. The van der Waals surface area contributed by atoms with Crippen LogP contribution in [0.5, 0.6) is 0 Å². The molecular weight excluding hydrogens is 296 g/mol. The number of hydrogen-bond donors (Lipinski definition) is 1. The highest BCUT2D eigenvalue weighted by Gasteiger charge is 2.16. The number of halogens is 2. The molecule has 0 unspecified atom stereocenters. The summed E-state index contributed by atoms with van der Waals surface area (Å²) in [4.78, 5) is 0. The first-order chi connectivity index (χ1) is 5.93. The smallest absolute Gasteiger partial charge is 0.0841 e. The normalized spacial score (nSPS) is 11.8.